The molecule has 1 fully saturated rings. The van der Waals surface area contributed by atoms with Crippen molar-refractivity contribution in [3.05, 3.63) is 48.7 Å². The van der Waals surface area contributed by atoms with Crippen molar-refractivity contribution in [2.45, 2.75) is 13.0 Å². The molecule has 7 heteroatoms. The minimum atomic E-state index is -0.318. The summed E-state index contributed by atoms with van der Waals surface area (Å²) in [6.07, 6.45) is 5.09. The van der Waals surface area contributed by atoms with Crippen LogP contribution in [0.4, 0.5) is 15.9 Å². The molecule has 6 nitrogen and oxygen atoms in total. The number of carbonyl (C=O) groups excluding carboxylic acids is 1. The number of benzene rings is 1. The van der Waals surface area contributed by atoms with Crippen LogP contribution in [0.15, 0.2) is 42.9 Å². The Morgan fingerprint density at radius 3 is 2.50 bits per heavy atom. The van der Waals surface area contributed by atoms with Crippen molar-refractivity contribution in [3.8, 4) is 0 Å². The molecule has 1 aliphatic rings. The van der Waals surface area contributed by atoms with Gasteiger partial charge in [-0.1, -0.05) is 0 Å². The number of piperazine rings is 1. The van der Waals surface area contributed by atoms with Gasteiger partial charge < -0.3 is 10.2 Å². The maximum Gasteiger partial charge on any atom is 0.241 e. The van der Waals surface area contributed by atoms with Crippen LogP contribution in [0.5, 0.6) is 0 Å². The Kier molecular flexibility index (Phi) is 5.00. The number of anilines is 2. The smallest absolute Gasteiger partial charge is 0.241 e. The Bertz CT molecular complexity index is 671. The molecule has 1 saturated heterocycles. The van der Waals surface area contributed by atoms with Gasteiger partial charge in [-0.3, -0.25) is 14.7 Å². The summed E-state index contributed by atoms with van der Waals surface area (Å²) in [6, 6.07) is 5.54. The van der Waals surface area contributed by atoms with Crippen molar-refractivity contribution in [1.29, 1.82) is 0 Å². The molecular weight excluding hydrogens is 309 g/mol. The molecule has 2 aromatic rings. The molecule has 1 atom stereocenters. The van der Waals surface area contributed by atoms with Crippen LogP contribution in [0.2, 0.25) is 0 Å². The molecule has 3 rings (SSSR count). The van der Waals surface area contributed by atoms with Gasteiger partial charge in [0.1, 0.15) is 11.6 Å². The zero-order valence-electron chi connectivity index (χ0n) is 13.5. The predicted octanol–water partition coefficient (Wildman–Crippen LogP) is 1.76. The first-order valence-electron chi connectivity index (χ1n) is 7.95. The molecule has 126 valence electrons. The summed E-state index contributed by atoms with van der Waals surface area (Å²) in [5.41, 5.74) is 0.603. The lowest BCUT2D eigenvalue weighted by Crippen LogP contribution is -2.53. The molecule has 1 aromatic carbocycles. The second kappa shape index (κ2) is 7.35. The molecule has 1 N–H and O–H groups in total. The fourth-order valence-corrected chi connectivity index (χ4v) is 2.74. The van der Waals surface area contributed by atoms with E-state index in [2.05, 4.69) is 25.1 Å². The van der Waals surface area contributed by atoms with Crippen LogP contribution in [-0.2, 0) is 4.79 Å². The summed E-state index contributed by atoms with van der Waals surface area (Å²) in [6.45, 7) is 5.03. The van der Waals surface area contributed by atoms with Crippen LogP contribution in [-0.4, -0.2) is 53.0 Å². The maximum absolute atomic E-state index is 12.9. The first-order chi connectivity index (χ1) is 11.6. The Morgan fingerprint density at radius 1 is 1.17 bits per heavy atom. The lowest BCUT2D eigenvalue weighted by molar-refractivity contribution is -0.120. The summed E-state index contributed by atoms with van der Waals surface area (Å²) >= 11 is 0. The minimum Gasteiger partial charge on any atom is -0.353 e. The van der Waals surface area contributed by atoms with E-state index in [1.165, 1.54) is 12.1 Å². The average Bonchev–Trinajstić information content (AvgIpc) is 2.64. The van der Waals surface area contributed by atoms with Crippen molar-refractivity contribution in [1.82, 2.24) is 14.9 Å². The van der Waals surface area contributed by atoms with Gasteiger partial charge >= 0.3 is 0 Å². The first-order valence-corrected chi connectivity index (χ1v) is 7.95. The molecule has 0 aliphatic carbocycles. The van der Waals surface area contributed by atoms with Gasteiger partial charge in [0.2, 0.25) is 5.91 Å². The van der Waals surface area contributed by atoms with Gasteiger partial charge in [-0.25, -0.2) is 9.37 Å². The third-order valence-electron chi connectivity index (χ3n) is 4.23. The molecule has 1 unspecified atom stereocenters. The summed E-state index contributed by atoms with van der Waals surface area (Å²) in [7, 11) is 0. The van der Waals surface area contributed by atoms with E-state index >= 15 is 0 Å². The van der Waals surface area contributed by atoms with Crippen LogP contribution >= 0.6 is 0 Å². The molecule has 24 heavy (non-hydrogen) atoms. The van der Waals surface area contributed by atoms with E-state index in [0.717, 1.165) is 32.0 Å². The maximum atomic E-state index is 12.9. The van der Waals surface area contributed by atoms with Crippen molar-refractivity contribution >= 4 is 17.4 Å². The van der Waals surface area contributed by atoms with Crippen LogP contribution in [0.3, 0.4) is 0 Å². The quantitative estimate of drug-likeness (QED) is 0.926. The highest BCUT2D eigenvalue weighted by Crippen LogP contribution is 2.15. The number of rotatable bonds is 4. The van der Waals surface area contributed by atoms with Crippen molar-refractivity contribution in [3.63, 3.8) is 0 Å². The SMILES string of the molecule is CC(C(=O)Nc1ccc(F)cc1)N1CCN(c2cnccn2)CC1. The number of nitrogens with one attached hydrogen (secondary N) is 1. The number of nitrogens with zero attached hydrogens (tertiary/aromatic N) is 4. The van der Waals surface area contributed by atoms with Crippen LogP contribution in [0, 0.1) is 5.82 Å². The number of hydrogen-bond donors (Lipinski definition) is 1. The summed E-state index contributed by atoms with van der Waals surface area (Å²) in [5.74, 6) is 0.455. The normalized spacial score (nSPS) is 16.7. The van der Waals surface area contributed by atoms with Crippen LogP contribution < -0.4 is 10.2 Å². The lowest BCUT2D eigenvalue weighted by Gasteiger charge is -2.37. The molecule has 1 aliphatic heterocycles. The number of aromatic nitrogens is 2. The standard InChI is InChI=1S/C17H20FN5O/c1-13(17(24)21-15-4-2-14(18)3-5-15)22-8-10-23(11-9-22)16-12-19-6-7-20-16/h2-7,12-13H,8-11H2,1H3,(H,21,24). The van der Waals surface area contributed by atoms with Crippen LogP contribution in [0.25, 0.3) is 0 Å². The van der Waals surface area contributed by atoms with E-state index in [4.69, 9.17) is 0 Å². The van der Waals surface area contributed by atoms with Crippen molar-refractivity contribution < 1.29 is 9.18 Å². The predicted molar refractivity (Wildman–Crippen MR) is 90.3 cm³/mol. The summed E-state index contributed by atoms with van der Waals surface area (Å²) in [5, 5.41) is 2.83. The van der Waals surface area contributed by atoms with E-state index < -0.39 is 0 Å². The zero-order chi connectivity index (χ0) is 16.9. The number of amides is 1. The average molecular weight is 329 g/mol. The lowest BCUT2D eigenvalue weighted by atomic mass is 10.2. The molecule has 0 radical (unpaired) electrons. The van der Waals surface area contributed by atoms with Gasteiger partial charge in [0.15, 0.2) is 0 Å². The third-order valence-corrected chi connectivity index (χ3v) is 4.23. The fraction of sp³-hybridized carbons (Fsp3) is 0.353. The van der Waals surface area contributed by atoms with Gasteiger partial charge in [-0.15, -0.1) is 0 Å². The molecule has 2 heterocycles. The van der Waals surface area contributed by atoms with E-state index in [0.29, 0.717) is 5.69 Å². The van der Waals surface area contributed by atoms with Gasteiger partial charge in [0.25, 0.3) is 0 Å². The van der Waals surface area contributed by atoms with Gasteiger partial charge in [-0.2, -0.15) is 0 Å². The largest absolute Gasteiger partial charge is 0.353 e. The van der Waals surface area contributed by atoms with Crippen LogP contribution in [0.1, 0.15) is 6.92 Å². The summed E-state index contributed by atoms with van der Waals surface area (Å²) < 4.78 is 12.9. The van der Waals surface area contributed by atoms with Gasteiger partial charge in [0, 0.05) is 44.3 Å². The monoisotopic (exact) mass is 329 g/mol. The minimum absolute atomic E-state index is 0.0884. The highest BCUT2D eigenvalue weighted by molar-refractivity contribution is 5.94. The Morgan fingerprint density at radius 2 is 1.88 bits per heavy atom. The number of halogens is 1. The Hall–Kier alpha value is -2.54. The molecule has 0 saturated carbocycles. The molecule has 1 aromatic heterocycles. The molecule has 1 amide bonds. The van der Waals surface area contributed by atoms with Gasteiger partial charge in [-0.05, 0) is 31.2 Å². The van der Waals surface area contributed by atoms with Gasteiger partial charge in [0.05, 0.1) is 12.2 Å². The molecule has 0 bridgehead atoms. The van der Waals surface area contributed by atoms with E-state index in [1.807, 2.05) is 6.92 Å². The fourth-order valence-electron chi connectivity index (χ4n) is 2.74. The summed E-state index contributed by atoms with van der Waals surface area (Å²) in [4.78, 5) is 25.0. The van der Waals surface area contributed by atoms with Crippen molar-refractivity contribution in [2.24, 2.45) is 0 Å². The second-order valence-electron chi connectivity index (χ2n) is 5.76. The third kappa shape index (κ3) is 3.86. The second-order valence-corrected chi connectivity index (χ2v) is 5.76. The molecule has 0 spiro atoms. The Balaban J connectivity index is 1.53. The first kappa shape index (κ1) is 16.3. The number of carbonyl (C=O) groups is 1. The number of hydrogen-bond acceptors (Lipinski definition) is 5. The molecular formula is C17H20FN5O. The van der Waals surface area contributed by atoms with E-state index in [9.17, 15) is 9.18 Å². The Labute approximate surface area is 140 Å². The van der Waals surface area contributed by atoms with E-state index in [1.54, 1.807) is 30.7 Å². The topological polar surface area (TPSA) is 61.4 Å². The highest BCUT2D eigenvalue weighted by Gasteiger charge is 2.26. The van der Waals surface area contributed by atoms with E-state index in [-0.39, 0.29) is 17.8 Å². The highest BCUT2D eigenvalue weighted by atomic mass is 19.1. The zero-order valence-corrected chi connectivity index (χ0v) is 13.5. The van der Waals surface area contributed by atoms with Crippen molar-refractivity contribution in [2.75, 3.05) is 36.4 Å².